The van der Waals surface area contributed by atoms with E-state index in [0.29, 0.717) is 39.4 Å². The predicted octanol–water partition coefficient (Wildman–Crippen LogP) is 7.86. The van der Waals surface area contributed by atoms with Crippen LogP contribution in [0.2, 0.25) is 0 Å². The summed E-state index contributed by atoms with van der Waals surface area (Å²) in [5.41, 5.74) is 1.46. The van der Waals surface area contributed by atoms with Gasteiger partial charge in [-0.15, -0.1) is 0 Å². The molecule has 5 nitrogen and oxygen atoms in total. The molecular formula is C31H25F3N2O3. The molecule has 0 radical (unpaired) electrons. The van der Waals surface area contributed by atoms with Gasteiger partial charge < -0.3 is 19.7 Å². The molecule has 0 saturated heterocycles. The average Bonchev–Trinajstić information content (AvgIpc) is 3.22. The van der Waals surface area contributed by atoms with Gasteiger partial charge in [0, 0.05) is 47.2 Å². The Morgan fingerprint density at radius 2 is 1.56 bits per heavy atom. The molecule has 0 bridgehead atoms. The largest absolute Gasteiger partial charge is 0.456 e. The molecule has 198 valence electrons. The van der Waals surface area contributed by atoms with Gasteiger partial charge in [0.15, 0.2) is 5.60 Å². The van der Waals surface area contributed by atoms with E-state index >= 15 is 0 Å². The lowest BCUT2D eigenvalue weighted by Gasteiger charge is -2.37. The van der Waals surface area contributed by atoms with E-state index in [1.54, 1.807) is 36.4 Å². The van der Waals surface area contributed by atoms with Crippen LogP contribution in [0.1, 0.15) is 46.5 Å². The number of alkyl halides is 3. The number of para-hydroxylation sites is 1. The third kappa shape index (κ3) is 3.90. The number of ether oxygens (including phenoxy) is 2. The lowest BCUT2D eigenvalue weighted by atomic mass is 9.77. The normalized spacial score (nSPS) is 17.1. The Morgan fingerprint density at radius 3 is 2.33 bits per heavy atom. The molecule has 0 aliphatic carbocycles. The molecule has 2 heterocycles. The van der Waals surface area contributed by atoms with Gasteiger partial charge >= 0.3 is 12.1 Å². The topological polar surface area (TPSA) is 50.8 Å². The number of esters is 1. The van der Waals surface area contributed by atoms with Crippen molar-refractivity contribution < 1.29 is 27.4 Å². The predicted molar refractivity (Wildman–Crippen MR) is 143 cm³/mol. The van der Waals surface area contributed by atoms with Crippen LogP contribution in [0.4, 0.5) is 30.2 Å². The van der Waals surface area contributed by atoms with Crippen molar-refractivity contribution in [3.63, 3.8) is 0 Å². The van der Waals surface area contributed by atoms with E-state index in [0.717, 1.165) is 24.8 Å². The number of hydrogen-bond acceptors (Lipinski definition) is 5. The number of nitrogens with zero attached hydrogens (tertiary/aromatic N) is 1. The molecule has 1 unspecified atom stereocenters. The maximum atomic E-state index is 13.7. The molecule has 2 aliphatic heterocycles. The summed E-state index contributed by atoms with van der Waals surface area (Å²) in [7, 11) is 0. The SMILES string of the molecule is CCN(CC)c1ccc2c(c1)Oc1ccc(Nc3ccccc3C(F)(F)F)cc1C21OC(=O)c2ccccc21. The third-order valence-corrected chi connectivity index (χ3v) is 7.34. The number of benzene rings is 4. The van der Waals surface area contributed by atoms with Crippen LogP contribution in [0, 0.1) is 0 Å². The van der Waals surface area contributed by atoms with Crippen molar-refractivity contribution in [2.45, 2.75) is 25.6 Å². The minimum Gasteiger partial charge on any atom is -0.456 e. The molecule has 1 spiro atoms. The number of carbonyl (C=O) groups is 1. The van der Waals surface area contributed by atoms with Crippen molar-refractivity contribution in [1.82, 2.24) is 0 Å². The van der Waals surface area contributed by atoms with Crippen LogP contribution >= 0.6 is 0 Å². The molecule has 0 fully saturated rings. The lowest BCUT2D eigenvalue weighted by Crippen LogP contribution is -2.33. The Labute approximate surface area is 223 Å². The van der Waals surface area contributed by atoms with Crippen LogP contribution in [0.3, 0.4) is 0 Å². The molecule has 6 rings (SSSR count). The fourth-order valence-corrected chi connectivity index (χ4v) is 5.52. The fraction of sp³-hybridized carbons (Fsp3) is 0.194. The van der Waals surface area contributed by atoms with Gasteiger partial charge in [0.1, 0.15) is 11.5 Å². The zero-order chi connectivity index (χ0) is 27.4. The van der Waals surface area contributed by atoms with Crippen LogP contribution in [0.25, 0.3) is 0 Å². The number of halogens is 3. The first kappa shape index (κ1) is 24.9. The number of nitrogens with one attached hydrogen (secondary N) is 1. The average molecular weight is 531 g/mol. The molecule has 8 heteroatoms. The van der Waals surface area contributed by atoms with E-state index in [1.807, 2.05) is 30.3 Å². The van der Waals surface area contributed by atoms with Gasteiger partial charge in [0.25, 0.3) is 0 Å². The van der Waals surface area contributed by atoms with Gasteiger partial charge in [0.05, 0.1) is 16.8 Å². The number of fused-ring (bicyclic) bond motifs is 6. The Morgan fingerprint density at radius 1 is 0.821 bits per heavy atom. The highest BCUT2D eigenvalue weighted by Gasteiger charge is 2.53. The summed E-state index contributed by atoms with van der Waals surface area (Å²) >= 11 is 0. The first-order chi connectivity index (χ1) is 18.8. The van der Waals surface area contributed by atoms with Gasteiger partial charge in [0.2, 0.25) is 0 Å². The highest BCUT2D eigenvalue weighted by Crippen LogP contribution is 2.57. The Bertz CT molecular complexity index is 1600. The molecule has 2 aliphatic rings. The maximum absolute atomic E-state index is 13.7. The highest BCUT2D eigenvalue weighted by atomic mass is 19.4. The van der Waals surface area contributed by atoms with Gasteiger partial charge in [-0.1, -0.05) is 30.3 Å². The van der Waals surface area contributed by atoms with E-state index in [9.17, 15) is 18.0 Å². The second kappa shape index (κ2) is 9.08. The summed E-state index contributed by atoms with van der Waals surface area (Å²) < 4.78 is 53.5. The van der Waals surface area contributed by atoms with Gasteiger partial charge in [-0.2, -0.15) is 13.2 Å². The first-order valence-electron chi connectivity index (χ1n) is 12.7. The van der Waals surface area contributed by atoms with E-state index < -0.39 is 23.3 Å². The summed E-state index contributed by atoms with van der Waals surface area (Å²) in [6.07, 6.45) is -4.52. The lowest BCUT2D eigenvalue weighted by molar-refractivity contribution is -0.136. The summed E-state index contributed by atoms with van der Waals surface area (Å²) in [5, 5.41) is 2.91. The Hall–Kier alpha value is -4.46. The van der Waals surface area contributed by atoms with E-state index in [2.05, 4.69) is 24.1 Å². The second-order valence-corrected chi connectivity index (χ2v) is 9.45. The van der Waals surface area contributed by atoms with E-state index in [-0.39, 0.29) is 5.69 Å². The van der Waals surface area contributed by atoms with Crippen LogP contribution in [0.5, 0.6) is 11.5 Å². The third-order valence-electron chi connectivity index (χ3n) is 7.34. The highest BCUT2D eigenvalue weighted by molar-refractivity contribution is 5.97. The second-order valence-electron chi connectivity index (χ2n) is 9.45. The monoisotopic (exact) mass is 530 g/mol. The number of rotatable bonds is 5. The van der Waals surface area contributed by atoms with Crippen LogP contribution in [0.15, 0.2) is 84.9 Å². The summed E-state index contributed by atoms with van der Waals surface area (Å²) in [6, 6.07) is 23.3. The van der Waals surface area contributed by atoms with Crippen molar-refractivity contribution in [3.05, 3.63) is 113 Å². The van der Waals surface area contributed by atoms with Crippen LogP contribution in [-0.2, 0) is 16.5 Å². The van der Waals surface area contributed by atoms with Gasteiger partial charge in [-0.25, -0.2) is 4.79 Å². The zero-order valence-electron chi connectivity index (χ0n) is 21.3. The minimum absolute atomic E-state index is 0.0798. The van der Waals surface area contributed by atoms with Crippen LogP contribution < -0.4 is 15.0 Å². The van der Waals surface area contributed by atoms with Crippen molar-refractivity contribution >= 4 is 23.0 Å². The molecule has 0 aromatic heterocycles. The molecule has 1 N–H and O–H groups in total. The van der Waals surface area contributed by atoms with Gasteiger partial charge in [-0.05, 0) is 62.4 Å². The molecule has 0 saturated carbocycles. The zero-order valence-corrected chi connectivity index (χ0v) is 21.3. The summed E-state index contributed by atoms with van der Waals surface area (Å²) in [6.45, 7) is 5.76. The maximum Gasteiger partial charge on any atom is 0.418 e. The van der Waals surface area contributed by atoms with Crippen molar-refractivity contribution in [3.8, 4) is 11.5 Å². The first-order valence-corrected chi connectivity index (χ1v) is 12.7. The molecule has 1 atom stereocenters. The Balaban J connectivity index is 1.53. The van der Waals surface area contributed by atoms with Crippen molar-refractivity contribution in [2.75, 3.05) is 23.3 Å². The quantitative estimate of drug-likeness (QED) is 0.266. The van der Waals surface area contributed by atoms with Gasteiger partial charge in [-0.3, -0.25) is 0 Å². The van der Waals surface area contributed by atoms with Crippen LogP contribution in [-0.4, -0.2) is 19.1 Å². The summed E-state index contributed by atoms with van der Waals surface area (Å²) in [5.74, 6) is 0.538. The molecule has 0 amide bonds. The van der Waals surface area contributed by atoms with Crippen molar-refractivity contribution in [1.29, 1.82) is 0 Å². The molecular weight excluding hydrogens is 505 g/mol. The molecule has 4 aromatic rings. The molecule has 4 aromatic carbocycles. The minimum atomic E-state index is -4.52. The van der Waals surface area contributed by atoms with Crippen molar-refractivity contribution in [2.24, 2.45) is 0 Å². The smallest absolute Gasteiger partial charge is 0.418 e. The van der Waals surface area contributed by atoms with E-state index in [4.69, 9.17) is 9.47 Å². The molecule has 39 heavy (non-hydrogen) atoms. The Kier molecular flexibility index (Phi) is 5.79. The number of anilines is 3. The van der Waals surface area contributed by atoms with E-state index in [1.165, 1.54) is 12.1 Å². The number of carbonyl (C=O) groups excluding carboxylic acids is 1. The standard InChI is InChI=1S/C31H25F3N2O3/c1-3-36(4-2)20-14-15-24-28(18-20)38-27-16-13-19(35-26-12-8-7-11-23(26)31(32,33)34)17-25(27)30(24)22-10-6-5-9-21(22)29(37)39-30/h5-18,35H,3-4H2,1-2H3. The fourth-order valence-electron chi connectivity index (χ4n) is 5.52. The summed E-state index contributed by atoms with van der Waals surface area (Å²) in [4.78, 5) is 15.3. The number of hydrogen-bond donors (Lipinski definition) is 1.